The van der Waals surface area contributed by atoms with Crippen molar-refractivity contribution in [2.24, 2.45) is 4.99 Å². The maximum absolute atomic E-state index is 12.5. The predicted octanol–water partition coefficient (Wildman–Crippen LogP) is 4.19. The minimum atomic E-state index is -4.31. The molecule has 0 saturated heterocycles. The van der Waals surface area contributed by atoms with Gasteiger partial charge in [-0.05, 0) is 23.3 Å². The van der Waals surface area contributed by atoms with Gasteiger partial charge in [0.2, 0.25) is 0 Å². The molecule has 0 aromatic heterocycles. The van der Waals surface area contributed by atoms with Crippen molar-refractivity contribution < 1.29 is 13.2 Å². The number of rotatable bonds is 4. The lowest BCUT2D eigenvalue weighted by atomic mass is 10.1. The van der Waals surface area contributed by atoms with E-state index in [1.54, 1.807) is 7.05 Å². The molecule has 0 amide bonds. The van der Waals surface area contributed by atoms with E-state index in [1.165, 1.54) is 12.1 Å². The first kappa shape index (κ1) is 20.3. The van der Waals surface area contributed by atoms with Gasteiger partial charge < -0.3 is 10.6 Å². The minimum absolute atomic E-state index is 0. The Bertz CT molecular complexity index is 640. The molecule has 2 rings (SSSR count). The topological polar surface area (TPSA) is 36.4 Å². The number of nitrogens with zero attached hydrogens (tertiary/aromatic N) is 1. The maximum atomic E-state index is 12.5. The van der Waals surface area contributed by atoms with Crippen molar-refractivity contribution in [3.63, 3.8) is 0 Å². The Morgan fingerprint density at radius 2 is 1.38 bits per heavy atom. The molecule has 0 aliphatic carbocycles. The van der Waals surface area contributed by atoms with Gasteiger partial charge in [-0.3, -0.25) is 4.99 Å². The van der Waals surface area contributed by atoms with E-state index >= 15 is 0 Å². The third-order valence-electron chi connectivity index (χ3n) is 3.27. The molecule has 2 aromatic rings. The zero-order valence-electron chi connectivity index (χ0n) is 13.1. The van der Waals surface area contributed by atoms with Crippen LogP contribution in [-0.4, -0.2) is 13.0 Å². The first-order valence-corrected chi connectivity index (χ1v) is 7.13. The molecule has 130 valence electrons. The molecule has 0 heterocycles. The summed E-state index contributed by atoms with van der Waals surface area (Å²) in [6.45, 7) is 1.01. The molecule has 7 heteroatoms. The molecule has 0 unspecified atom stereocenters. The van der Waals surface area contributed by atoms with Crippen LogP contribution in [0.2, 0.25) is 0 Å². The monoisotopic (exact) mass is 449 g/mol. The average molecular weight is 449 g/mol. The van der Waals surface area contributed by atoms with E-state index in [0.717, 1.165) is 23.3 Å². The highest BCUT2D eigenvalue weighted by Gasteiger charge is 2.29. The number of guanidine groups is 1. The fourth-order valence-corrected chi connectivity index (χ4v) is 2.00. The Balaban J connectivity index is 0.00000288. The van der Waals surface area contributed by atoms with Crippen LogP contribution in [-0.2, 0) is 19.3 Å². The Morgan fingerprint density at radius 3 is 1.83 bits per heavy atom. The number of aliphatic imine (C=N–C) groups is 1. The molecule has 0 saturated carbocycles. The Kier molecular flexibility index (Phi) is 8.03. The number of halogens is 4. The van der Waals surface area contributed by atoms with Crippen LogP contribution in [0.15, 0.2) is 59.6 Å². The summed E-state index contributed by atoms with van der Waals surface area (Å²) in [6.07, 6.45) is -4.31. The normalized spacial score (nSPS) is 11.6. The van der Waals surface area contributed by atoms with Crippen molar-refractivity contribution in [1.82, 2.24) is 10.6 Å². The summed E-state index contributed by atoms with van der Waals surface area (Å²) in [5.41, 5.74) is 1.22. The molecule has 0 bridgehead atoms. The molecule has 2 N–H and O–H groups in total. The second kappa shape index (κ2) is 9.51. The molecule has 0 radical (unpaired) electrons. The van der Waals surface area contributed by atoms with Crippen LogP contribution >= 0.6 is 24.0 Å². The number of hydrogen-bond donors (Lipinski definition) is 2. The van der Waals surface area contributed by atoms with E-state index in [-0.39, 0.29) is 24.0 Å². The zero-order chi connectivity index (χ0) is 16.7. The highest BCUT2D eigenvalue weighted by molar-refractivity contribution is 14.0. The summed E-state index contributed by atoms with van der Waals surface area (Å²) in [6, 6.07) is 14.9. The standard InChI is InChI=1S/C17H18F3N3.HI/c1-21-16(22-11-13-5-3-2-4-6-13)23-12-14-7-9-15(10-8-14)17(18,19)20;/h2-10H,11-12H2,1H3,(H2,21,22,23);1H. The number of benzene rings is 2. The van der Waals surface area contributed by atoms with E-state index in [1.807, 2.05) is 30.3 Å². The van der Waals surface area contributed by atoms with Gasteiger partial charge >= 0.3 is 6.18 Å². The van der Waals surface area contributed by atoms with Crippen molar-refractivity contribution >= 4 is 29.9 Å². The fourth-order valence-electron chi connectivity index (χ4n) is 2.00. The lowest BCUT2D eigenvalue weighted by Gasteiger charge is -2.12. The van der Waals surface area contributed by atoms with E-state index in [2.05, 4.69) is 15.6 Å². The number of nitrogens with one attached hydrogen (secondary N) is 2. The molecule has 0 spiro atoms. The summed E-state index contributed by atoms with van der Waals surface area (Å²) in [5, 5.41) is 6.22. The molecule has 0 aliphatic rings. The summed E-state index contributed by atoms with van der Waals surface area (Å²) < 4.78 is 37.5. The van der Waals surface area contributed by atoms with Crippen molar-refractivity contribution in [2.45, 2.75) is 19.3 Å². The molecule has 0 aliphatic heterocycles. The molecular formula is C17H19F3IN3. The highest BCUT2D eigenvalue weighted by atomic mass is 127. The van der Waals surface area contributed by atoms with Crippen LogP contribution in [0, 0.1) is 0 Å². The zero-order valence-corrected chi connectivity index (χ0v) is 15.4. The minimum Gasteiger partial charge on any atom is -0.352 e. The van der Waals surface area contributed by atoms with Crippen molar-refractivity contribution in [2.75, 3.05) is 7.05 Å². The van der Waals surface area contributed by atoms with Crippen molar-refractivity contribution in [3.8, 4) is 0 Å². The van der Waals surface area contributed by atoms with Gasteiger partial charge in [0, 0.05) is 20.1 Å². The van der Waals surface area contributed by atoms with Gasteiger partial charge in [-0.25, -0.2) is 0 Å². The molecule has 2 aromatic carbocycles. The van der Waals surface area contributed by atoms with Gasteiger partial charge in [0.1, 0.15) is 0 Å². The Labute approximate surface area is 156 Å². The molecule has 0 fully saturated rings. The maximum Gasteiger partial charge on any atom is 0.416 e. The lowest BCUT2D eigenvalue weighted by Crippen LogP contribution is -2.36. The van der Waals surface area contributed by atoms with Crippen molar-refractivity contribution in [3.05, 3.63) is 71.3 Å². The third kappa shape index (κ3) is 6.38. The van der Waals surface area contributed by atoms with Gasteiger partial charge in [-0.15, -0.1) is 24.0 Å². The smallest absolute Gasteiger partial charge is 0.352 e. The SMILES string of the molecule is CN=C(NCc1ccccc1)NCc1ccc(C(F)(F)F)cc1.I. The van der Waals surface area contributed by atoms with Gasteiger partial charge in [-0.1, -0.05) is 42.5 Å². The second-order valence-corrected chi connectivity index (χ2v) is 4.96. The first-order chi connectivity index (χ1) is 11.0. The highest BCUT2D eigenvalue weighted by Crippen LogP contribution is 2.28. The van der Waals surface area contributed by atoms with Crippen LogP contribution in [0.3, 0.4) is 0 Å². The first-order valence-electron chi connectivity index (χ1n) is 7.13. The largest absolute Gasteiger partial charge is 0.416 e. The molecular weight excluding hydrogens is 430 g/mol. The van der Waals surface area contributed by atoms with Crippen LogP contribution < -0.4 is 10.6 Å². The van der Waals surface area contributed by atoms with Crippen LogP contribution in [0.5, 0.6) is 0 Å². The lowest BCUT2D eigenvalue weighted by molar-refractivity contribution is -0.137. The molecule has 24 heavy (non-hydrogen) atoms. The van der Waals surface area contributed by atoms with Crippen LogP contribution in [0.25, 0.3) is 0 Å². The van der Waals surface area contributed by atoms with Gasteiger partial charge in [0.05, 0.1) is 5.56 Å². The summed E-state index contributed by atoms with van der Waals surface area (Å²) in [7, 11) is 1.65. The summed E-state index contributed by atoms with van der Waals surface area (Å²) in [5.74, 6) is 0.591. The van der Waals surface area contributed by atoms with E-state index < -0.39 is 11.7 Å². The summed E-state index contributed by atoms with van der Waals surface area (Å²) in [4.78, 5) is 4.09. The van der Waals surface area contributed by atoms with Gasteiger partial charge in [-0.2, -0.15) is 13.2 Å². The van der Waals surface area contributed by atoms with Crippen molar-refractivity contribution in [1.29, 1.82) is 0 Å². The quantitative estimate of drug-likeness (QED) is 0.418. The average Bonchev–Trinajstić information content (AvgIpc) is 2.55. The third-order valence-corrected chi connectivity index (χ3v) is 3.27. The molecule has 3 nitrogen and oxygen atoms in total. The fraction of sp³-hybridized carbons (Fsp3) is 0.235. The van der Waals surface area contributed by atoms with Crippen LogP contribution in [0.1, 0.15) is 16.7 Å². The van der Waals surface area contributed by atoms with Gasteiger partial charge in [0.15, 0.2) is 5.96 Å². The summed E-state index contributed by atoms with van der Waals surface area (Å²) >= 11 is 0. The number of alkyl halides is 3. The van der Waals surface area contributed by atoms with Crippen LogP contribution in [0.4, 0.5) is 13.2 Å². The number of hydrogen-bond acceptors (Lipinski definition) is 1. The second-order valence-electron chi connectivity index (χ2n) is 4.96. The Morgan fingerprint density at radius 1 is 0.875 bits per heavy atom. The molecule has 0 atom stereocenters. The van der Waals surface area contributed by atoms with E-state index in [9.17, 15) is 13.2 Å². The predicted molar refractivity (Wildman–Crippen MR) is 100 cm³/mol. The van der Waals surface area contributed by atoms with E-state index in [4.69, 9.17) is 0 Å². The Hall–Kier alpha value is -1.77. The van der Waals surface area contributed by atoms with E-state index in [0.29, 0.717) is 19.0 Å². The van der Waals surface area contributed by atoms with Gasteiger partial charge in [0.25, 0.3) is 0 Å².